The summed E-state index contributed by atoms with van der Waals surface area (Å²) in [6.07, 6.45) is 1.69. The number of carbonyl (C=O) groups excluding carboxylic acids is 1. The SMILES string of the molecule is CCCc1nc(NC(C)=O)no1. The zero-order valence-corrected chi connectivity index (χ0v) is 7.13. The van der Waals surface area contributed by atoms with Crippen LogP contribution in [-0.2, 0) is 11.2 Å². The summed E-state index contributed by atoms with van der Waals surface area (Å²) in [5, 5.41) is 5.99. The minimum absolute atomic E-state index is 0.196. The first-order valence-corrected chi connectivity index (χ1v) is 3.82. The number of aryl methyl sites for hydroxylation is 1. The molecule has 0 bridgehead atoms. The summed E-state index contributed by atoms with van der Waals surface area (Å²) < 4.78 is 4.83. The van der Waals surface area contributed by atoms with Gasteiger partial charge in [-0.15, -0.1) is 0 Å². The molecule has 0 saturated carbocycles. The Hall–Kier alpha value is -1.39. The first-order valence-electron chi connectivity index (χ1n) is 3.82. The number of anilines is 1. The maximum atomic E-state index is 10.5. The molecular weight excluding hydrogens is 158 g/mol. The van der Waals surface area contributed by atoms with Crippen LogP contribution in [0.15, 0.2) is 4.52 Å². The van der Waals surface area contributed by atoms with Gasteiger partial charge in [0.05, 0.1) is 0 Å². The molecule has 12 heavy (non-hydrogen) atoms. The lowest BCUT2D eigenvalue weighted by molar-refractivity contribution is -0.114. The molecule has 0 unspecified atom stereocenters. The molecular formula is C7H11N3O2. The van der Waals surface area contributed by atoms with Crippen molar-refractivity contribution >= 4 is 11.9 Å². The second-order valence-corrected chi connectivity index (χ2v) is 2.44. The number of aromatic nitrogens is 2. The van der Waals surface area contributed by atoms with E-state index in [1.54, 1.807) is 0 Å². The Morgan fingerprint density at radius 1 is 1.67 bits per heavy atom. The number of rotatable bonds is 3. The van der Waals surface area contributed by atoms with Crippen molar-refractivity contribution in [1.82, 2.24) is 10.1 Å². The predicted molar refractivity (Wildman–Crippen MR) is 42.6 cm³/mol. The molecule has 0 aromatic carbocycles. The van der Waals surface area contributed by atoms with Gasteiger partial charge in [-0.05, 0) is 11.6 Å². The van der Waals surface area contributed by atoms with E-state index in [1.165, 1.54) is 6.92 Å². The minimum Gasteiger partial charge on any atom is -0.337 e. The van der Waals surface area contributed by atoms with Crippen LogP contribution in [-0.4, -0.2) is 16.0 Å². The Morgan fingerprint density at radius 2 is 2.42 bits per heavy atom. The fraction of sp³-hybridized carbons (Fsp3) is 0.571. The van der Waals surface area contributed by atoms with Gasteiger partial charge in [0, 0.05) is 13.3 Å². The van der Waals surface area contributed by atoms with E-state index < -0.39 is 0 Å². The molecule has 0 saturated heterocycles. The molecule has 0 aliphatic heterocycles. The number of carbonyl (C=O) groups is 1. The Labute approximate surface area is 70.2 Å². The molecule has 5 nitrogen and oxygen atoms in total. The van der Waals surface area contributed by atoms with E-state index in [0.717, 1.165) is 12.8 Å². The van der Waals surface area contributed by atoms with Crippen LogP contribution in [0.3, 0.4) is 0 Å². The summed E-state index contributed by atoms with van der Waals surface area (Å²) in [7, 11) is 0. The molecule has 0 aliphatic rings. The monoisotopic (exact) mass is 169 g/mol. The van der Waals surface area contributed by atoms with Crippen molar-refractivity contribution < 1.29 is 9.32 Å². The minimum atomic E-state index is -0.196. The van der Waals surface area contributed by atoms with Gasteiger partial charge in [-0.25, -0.2) is 0 Å². The van der Waals surface area contributed by atoms with E-state index in [9.17, 15) is 4.79 Å². The molecule has 66 valence electrons. The predicted octanol–water partition coefficient (Wildman–Crippen LogP) is 0.980. The molecule has 0 fully saturated rings. The van der Waals surface area contributed by atoms with Gasteiger partial charge < -0.3 is 4.52 Å². The van der Waals surface area contributed by atoms with Crippen molar-refractivity contribution in [2.45, 2.75) is 26.7 Å². The third-order valence-electron chi connectivity index (χ3n) is 1.22. The number of hydrogen-bond acceptors (Lipinski definition) is 4. The van der Waals surface area contributed by atoms with Crippen LogP contribution >= 0.6 is 0 Å². The zero-order chi connectivity index (χ0) is 8.97. The van der Waals surface area contributed by atoms with Crippen LogP contribution in [0.1, 0.15) is 26.2 Å². The molecule has 5 heteroatoms. The lowest BCUT2D eigenvalue weighted by atomic mass is 10.3. The van der Waals surface area contributed by atoms with Gasteiger partial charge in [0.15, 0.2) is 0 Å². The molecule has 0 aliphatic carbocycles. The van der Waals surface area contributed by atoms with E-state index in [0.29, 0.717) is 5.89 Å². The average Bonchev–Trinajstić information content (AvgIpc) is 2.36. The molecule has 1 heterocycles. The van der Waals surface area contributed by atoms with Gasteiger partial charge in [-0.3, -0.25) is 10.1 Å². The second-order valence-electron chi connectivity index (χ2n) is 2.44. The molecule has 1 rings (SSSR count). The van der Waals surface area contributed by atoms with Gasteiger partial charge in [-0.1, -0.05) is 6.92 Å². The molecule has 1 N–H and O–H groups in total. The van der Waals surface area contributed by atoms with Crippen molar-refractivity contribution in [2.75, 3.05) is 5.32 Å². The van der Waals surface area contributed by atoms with E-state index in [4.69, 9.17) is 4.52 Å². The van der Waals surface area contributed by atoms with Gasteiger partial charge >= 0.3 is 0 Å². The summed E-state index contributed by atoms with van der Waals surface area (Å²) in [6.45, 7) is 3.41. The standard InChI is InChI=1S/C7H11N3O2/c1-3-4-6-9-7(10-12-6)8-5(2)11/h3-4H2,1-2H3,(H,8,10,11). The van der Waals surface area contributed by atoms with Crippen LogP contribution in [0, 0.1) is 0 Å². The van der Waals surface area contributed by atoms with Crippen molar-refractivity contribution in [3.05, 3.63) is 5.89 Å². The first kappa shape index (κ1) is 8.70. The van der Waals surface area contributed by atoms with E-state index >= 15 is 0 Å². The smallest absolute Gasteiger partial charge is 0.270 e. The molecule has 0 radical (unpaired) electrons. The summed E-state index contributed by atoms with van der Waals surface area (Å²) in [5.74, 6) is 0.603. The van der Waals surface area contributed by atoms with Crippen molar-refractivity contribution in [3.8, 4) is 0 Å². The highest BCUT2D eigenvalue weighted by Crippen LogP contribution is 2.03. The molecule has 0 atom stereocenters. The van der Waals surface area contributed by atoms with Crippen molar-refractivity contribution in [3.63, 3.8) is 0 Å². The van der Waals surface area contributed by atoms with Gasteiger partial charge in [-0.2, -0.15) is 4.98 Å². The maximum Gasteiger partial charge on any atom is 0.270 e. The topological polar surface area (TPSA) is 68.0 Å². The Bertz CT molecular complexity index is 269. The fourth-order valence-corrected chi connectivity index (χ4v) is 0.778. The third kappa shape index (κ3) is 2.34. The van der Waals surface area contributed by atoms with E-state index in [-0.39, 0.29) is 11.9 Å². The van der Waals surface area contributed by atoms with Crippen molar-refractivity contribution in [2.24, 2.45) is 0 Å². The third-order valence-corrected chi connectivity index (χ3v) is 1.22. The van der Waals surface area contributed by atoms with Crippen LogP contribution in [0.5, 0.6) is 0 Å². The Balaban J connectivity index is 2.58. The Kier molecular flexibility index (Phi) is 2.79. The van der Waals surface area contributed by atoms with Gasteiger partial charge in [0.2, 0.25) is 11.8 Å². The number of amides is 1. The Morgan fingerprint density at radius 3 is 3.00 bits per heavy atom. The fourth-order valence-electron chi connectivity index (χ4n) is 0.778. The summed E-state index contributed by atoms with van der Waals surface area (Å²) in [4.78, 5) is 14.5. The zero-order valence-electron chi connectivity index (χ0n) is 7.13. The molecule has 1 amide bonds. The maximum absolute atomic E-state index is 10.5. The molecule has 0 spiro atoms. The van der Waals surface area contributed by atoms with Crippen molar-refractivity contribution in [1.29, 1.82) is 0 Å². The first-order chi connectivity index (χ1) is 5.72. The second kappa shape index (κ2) is 3.85. The highest BCUT2D eigenvalue weighted by molar-refractivity contribution is 5.86. The van der Waals surface area contributed by atoms with Gasteiger partial charge in [0.25, 0.3) is 5.95 Å². The molecule has 1 aromatic rings. The van der Waals surface area contributed by atoms with E-state index in [1.807, 2.05) is 6.92 Å². The van der Waals surface area contributed by atoms with Crippen LogP contribution in [0.2, 0.25) is 0 Å². The number of hydrogen-bond donors (Lipinski definition) is 1. The average molecular weight is 169 g/mol. The van der Waals surface area contributed by atoms with Crippen LogP contribution in [0.4, 0.5) is 5.95 Å². The van der Waals surface area contributed by atoms with Crippen LogP contribution < -0.4 is 5.32 Å². The largest absolute Gasteiger partial charge is 0.337 e. The highest BCUT2D eigenvalue weighted by atomic mass is 16.5. The molecule has 1 aromatic heterocycles. The highest BCUT2D eigenvalue weighted by Gasteiger charge is 2.05. The van der Waals surface area contributed by atoms with E-state index in [2.05, 4.69) is 15.5 Å². The number of nitrogens with one attached hydrogen (secondary N) is 1. The van der Waals surface area contributed by atoms with Gasteiger partial charge in [0.1, 0.15) is 0 Å². The summed E-state index contributed by atoms with van der Waals surface area (Å²) in [6, 6.07) is 0. The summed E-state index contributed by atoms with van der Waals surface area (Å²) >= 11 is 0. The lowest BCUT2D eigenvalue weighted by Gasteiger charge is -1.89. The lowest BCUT2D eigenvalue weighted by Crippen LogP contribution is -2.06. The van der Waals surface area contributed by atoms with Crippen LogP contribution in [0.25, 0.3) is 0 Å². The normalized spacial score (nSPS) is 9.83. The summed E-state index contributed by atoms with van der Waals surface area (Å²) in [5.41, 5.74) is 0. The quantitative estimate of drug-likeness (QED) is 0.732. The number of nitrogens with zero attached hydrogens (tertiary/aromatic N) is 2.